The van der Waals surface area contributed by atoms with Crippen LogP contribution in [0.2, 0.25) is 0 Å². The van der Waals surface area contributed by atoms with Crippen molar-refractivity contribution in [1.29, 1.82) is 0 Å². The van der Waals surface area contributed by atoms with E-state index in [1.807, 2.05) is 0 Å². The molecule has 0 aliphatic carbocycles. The number of ether oxygens (including phenoxy) is 3. The third-order valence-electron chi connectivity index (χ3n) is 4.03. The lowest BCUT2D eigenvalue weighted by Gasteiger charge is -2.42. The Morgan fingerprint density at radius 1 is 0.955 bits per heavy atom. The number of hydrogen-bond donors (Lipinski definition) is 7. The van der Waals surface area contributed by atoms with Crippen LogP contribution in [0.1, 0.15) is 6.92 Å². The van der Waals surface area contributed by atoms with Gasteiger partial charge in [0.25, 0.3) is 0 Å². The summed E-state index contributed by atoms with van der Waals surface area (Å²) in [5.74, 6) is -2.14. The molecule has 2 saturated heterocycles. The van der Waals surface area contributed by atoms with Gasteiger partial charge in [-0.15, -0.1) is 0 Å². The Morgan fingerprint density at radius 3 is 2.09 bits per heavy atom. The van der Waals surface area contributed by atoms with Gasteiger partial charge in [0.05, 0.1) is 12.7 Å². The van der Waals surface area contributed by atoms with Crippen molar-refractivity contribution in [1.82, 2.24) is 0 Å². The minimum atomic E-state index is -2.14. The van der Waals surface area contributed by atoms with Gasteiger partial charge in [0.1, 0.15) is 43.2 Å². The second-order valence-corrected chi connectivity index (χ2v) is 5.54. The molecule has 2 heterocycles. The Kier molecular flexibility index (Phi) is 5.39. The fraction of sp³-hybridized carbons (Fsp3) is 1.00. The van der Waals surface area contributed by atoms with Gasteiger partial charge in [-0.25, -0.2) is 0 Å². The SMILES string of the molecule is C[C@H]1O[C@H](O[C@@]2(CO)O[C@H](CO)[C@@H](O)[C@@H]2O)[C@H](O)[C@@H](O)[C@@H]1O. The number of aliphatic hydroxyl groups excluding tert-OH is 7. The predicted octanol–water partition coefficient (Wildman–Crippen LogP) is -4.37. The Hall–Kier alpha value is -0.400. The molecule has 0 aromatic carbocycles. The van der Waals surface area contributed by atoms with Gasteiger partial charge in [-0.1, -0.05) is 0 Å². The molecule has 0 bridgehead atoms. The average Bonchev–Trinajstić information content (AvgIpc) is 2.75. The van der Waals surface area contributed by atoms with Crippen molar-refractivity contribution in [2.75, 3.05) is 13.2 Å². The quantitative estimate of drug-likeness (QED) is 0.268. The van der Waals surface area contributed by atoms with Crippen LogP contribution in [0.3, 0.4) is 0 Å². The predicted molar refractivity (Wildman–Crippen MR) is 67.2 cm³/mol. The summed E-state index contributed by atoms with van der Waals surface area (Å²) in [7, 11) is 0. The van der Waals surface area contributed by atoms with Crippen molar-refractivity contribution < 1.29 is 50.0 Å². The molecule has 0 spiro atoms. The molecule has 10 heteroatoms. The molecule has 2 fully saturated rings. The van der Waals surface area contributed by atoms with Gasteiger partial charge in [0.15, 0.2) is 6.29 Å². The molecule has 0 unspecified atom stereocenters. The highest BCUT2D eigenvalue weighted by molar-refractivity contribution is 4.98. The van der Waals surface area contributed by atoms with E-state index >= 15 is 0 Å². The van der Waals surface area contributed by atoms with Gasteiger partial charge in [0.2, 0.25) is 5.79 Å². The van der Waals surface area contributed by atoms with Crippen LogP contribution in [0.25, 0.3) is 0 Å². The van der Waals surface area contributed by atoms with E-state index in [4.69, 9.17) is 19.3 Å². The Labute approximate surface area is 126 Å². The van der Waals surface area contributed by atoms with Gasteiger partial charge >= 0.3 is 0 Å². The zero-order valence-corrected chi connectivity index (χ0v) is 11.9. The molecule has 22 heavy (non-hydrogen) atoms. The molecule has 0 saturated carbocycles. The summed E-state index contributed by atoms with van der Waals surface area (Å²) >= 11 is 0. The van der Waals surface area contributed by atoms with Crippen LogP contribution in [0.5, 0.6) is 0 Å². The standard InChI is InChI=1S/C12H22O10/c1-4-6(15)8(17)9(18)11(20-4)22-12(3-14)10(19)7(16)5(2-13)21-12/h4-11,13-19H,2-3H2,1H3/t4-,5-,6-,7-,8+,9-,10+,11-,12-/m1/s1. The maximum Gasteiger partial charge on any atom is 0.224 e. The Balaban J connectivity index is 2.16. The second-order valence-electron chi connectivity index (χ2n) is 5.54. The minimum absolute atomic E-state index is 0.630. The average molecular weight is 326 g/mol. The summed E-state index contributed by atoms with van der Waals surface area (Å²) < 4.78 is 15.6. The summed E-state index contributed by atoms with van der Waals surface area (Å²) in [6.07, 6.45) is -11.4. The lowest BCUT2D eigenvalue weighted by atomic mass is 9.99. The lowest BCUT2D eigenvalue weighted by molar-refractivity contribution is -0.380. The topological polar surface area (TPSA) is 169 Å². The fourth-order valence-electron chi connectivity index (χ4n) is 2.58. The van der Waals surface area contributed by atoms with Gasteiger partial charge in [0, 0.05) is 0 Å². The zero-order chi connectivity index (χ0) is 16.7. The van der Waals surface area contributed by atoms with E-state index in [0.29, 0.717) is 0 Å². The Morgan fingerprint density at radius 2 is 1.59 bits per heavy atom. The van der Waals surface area contributed by atoms with Crippen LogP contribution >= 0.6 is 0 Å². The molecule has 2 aliphatic heterocycles. The number of hydrogen-bond acceptors (Lipinski definition) is 10. The number of aliphatic hydroxyl groups is 7. The van der Waals surface area contributed by atoms with Crippen LogP contribution in [-0.2, 0) is 14.2 Å². The van der Waals surface area contributed by atoms with E-state index in [0.717, 1.165) is 0 Å². The lowest BCUT2D eigenvalue weighted by Crippen LogP contribution is -2.61. The van der Waals surface area contributed by atoms with Crippen molar-refractivity contribution in [3.63, 3.8) is 0 Å². The first-order chi connectivity index (χ1) is 10.3. The normalized spacial score (nSPS) is 52.9. The molecular weight excluding hydrogens is 304 g/mol. The molecule has 0 amide bonds. The third-order valence-corrected chi connectivity index (χ3v) is 4.03. The van der Waals surface area contributed by atoms with Crippen LogP contribution in [0.15, 0.2) is 0 Å². The molecule has 0 aromatic rings. The van der Waals surface area contributed by atoms with E-state index in [1.54, 1.807) is 0 Å². The highest BCUT2D eigenvalue weighted by atomic mass is 16.8. The van der Waals surface area contributed by atoms with Gasteiger partial charge in [-0.3, -0.25) is 0 Å². The summed E-state index contributed by atoms with van der Waals surface area (Å²) in [6.45, 7) is -0.102. The molecule has 130 valence electrons. The first-order valence-electron chi connectivity index (χ1n) is 6.90. The zero-order valence-electron chi connectivity index (χ0n) is 11.9. The van der Waals surface area contributed by atoms with Crippen molar-refractivity contribution in [3.8, 4) is 0 Å². The highest BCUT2D eigenvalue weighted by Crippen LogP contribution is 2.35. The van der Waals surface area contributed by atoms with Gasteiger partial charge in [-0.05, 0) is 6.92 Å². The van der Waals surface area contributed by atoms with Crippen molar-refractivity contribution in [2.24, 2.45) is 0 Å². The van der Waals surface area contributed by atoms with E-state index < -0.39 is 68.0 Å². The van der Waals surface area contributed by atoms with E-state index in [-0.39, 0.29) is 0 Å². The summed E-state index contributed by atoms with van der Waals surface area (Å²) in [6, 6.07) is 0. The molecule has 0 radical (unpaired) electrons. The van der Waals surface area contributed by atoms with Crippen LogP contribution in [0, 0.1) is 0 Å². The van der Waals surface area contributed by atoms with Crippen molar-refractivity contribution >= 4 is 0 Å². The van der Waals surface area contributed by atoms with Gasteiger partial charge < -0.3 is 50.0 Å². The van der Waals surface area contributed by atoms with Crippen LogP contribution in [-0.4, -0.2) is 104 Å². The molecular formula is C12H22O10. The number of rotatable bonds is 4. The maximum absolute atomic E-state index is 9.99. The molecule has 7 N–H and O–H groups in total. The van der Waals surface area contributed by atoms with E-state index in [1.165, 1.54) is 6.92 Å². The van der Waals surface area contributed by atoms with Crippen molar-refractivity contribution in [2.45, 2.75) is 61.7 Å². The molecule has 9 atom stereocenters. The maximum atomic E-state index is 9.99. The smallest absolute Gasteiger partial charge is 0.224 e. The fourth-order valence-corrected chi connectivity index (χ4v) is 2.58. The third kappa shape index (κ3) is 2.87. The second kappa shape index (κ2) is 6.61. The first kappa shape index (κ1) is 17.9. The van der Waals surface area contributed by atoms with Crippen LogP contribution < -0.4 is 0 Å². The largest absolute Gasteiger partial charge is 0.394 e. The summed E-state index contributed by atoms with van der Waals surface area (Å²) in [5, 5.41) is 67.5. The molecule has 0 aromatic heterocycles. The summed E-state index contributed by atoms with van der Waals surface area (Å²) in [5.41, 5.74) is 0. The minimum Gasteiger partial charge on any atom is -0.394 e. The molecule has 2 aliphatic rings. The first-order valence-corrected chi connectivity index (χ1v) is 6.90. The van der Waals surface area contributed by atoms with Crippen LogP contribution in [0.4, 0.5) is 0 Å². The van der Waals surface area contributed by atoms with Gasteiger partial charge in [-0.2, -0.15) is 0 Å². The van der Waals surface area contributed by atoms with E-state index in [9.17, 15) is 30.6 Å². The Bertz CT molecular complexity index is 381. The highest BCUT2D eigenvalue weighted by Gasteiger charge is 2.58. The van der Waals surface area contributed by atoms with E-state index in [2.05, 4.69) is 0 Å². The summed E-state index contributed by atoms with van der Waals surface area (Å²) in [4.78, 5) is 0. The molecule has 2 rings (SSSR count). The molecule has 10 nitrogen and oxygen atoms in total. The van der Waals surface area contributed by atoms with Crippen molar-refractivity contribution in [3.05, 3.63) is 0 Å². The monoisotopic (exact) mass is 326 g/mol.